The summed E-state index contributed by atoms with van der Waals surface area (Å²) in [5.41, 5.74) is 1.11. The Kier molecular flexibility index (Phi) is 4.42. The molecule has 1 aromatic carbocycles. The zero-order valence-electron chi connectivity index (χ0n) is 14.1. The molecule has 27 heavy (non-hydrogen) atoms. The summed E-state index contributed by atoms with van der Waals surface area (Å²) < 4.78 is 8.52. The molecule has 0 aliphatic carbocycles. The van der Waals surface area contributed by atoms with Gasteiger partial charge < -0.3 is 14.9 Å². The van der Waals surface area contributed by atoms with Crippen molar-refractivity contribution in [2.45, 2.75) is 17.1 Å². The molecular weight excluding hydrogens is 370 g/mol. The molecule has 0 aliphatic heterocycles. The normalized spacial score (nSPS) is 11.0. The molecule has 4 aromatic rings. The highest BCUT2D eigenvalue weighted by Crippen LogP contribution is 2.35. The Hall–Kier alpha value is -3.47. The highest BCUT2D eigenvalue weighted by atomic mass is 32.2. The van der Waals surface area contributed by atoms with Crippen LogP contribution < -0.4 is 4.74 Å². The lowest BCUT2D eigenvalue weighted by Gasteiger charge is -2.09. The van der Waals surface area contributed by atoms with Crippen molar-refractivity contribution in [3.8, 4) is 11.4 Å². The first-order valence-electron chi connectivity index (χ1n) is 7.99. The van der Waals surface area contributed by atoms with Crippen LogP contribution in [0.3, 0.4) is 0 Å². The summed E-state index contributed by atoms with van der Waals surface area (Å²) in [5, 5.41) is 23.8. The molecule has 136 valence electrons. The van der Waals surface area contributed by atoms with Crippen molar-refractivity contribution in [1.82, 2.24) is 29.6 Å². The van der Waals surface area contributed by atoms with Crippen LogP contribution in [0.5, 0.6) is 5.75 Å². The predicted octanol–water partition coefficient (Wildman–Crippen LogP) is 2.77. The quantitative estimate of drug-likeness (QED) is 0.369. The molecule has 0 N–H and O–H groups in total. The van der Waals surface area contributed by atoms with Gasteiger partial charge >= 0.3 is 5.82 Å². The lowest BCUT2D eigenvalue weighted by Crippen LogP contribution is -2.03. The number of ether oxygens (including phenoxy) is 1. The molecule has 0 radical (unpaired) electrons. The van der Waals surface area contributed by atoms with Crippen LogP contribution in [0.2, 0.25) is 0 Å². The van der Waals surface area contributed by atoms with E-state index < -0.39 is 4.92 Å². The number of nitro groups is 1. The fourth-order valence-corrected chi connectivity index (χ4v) is 3.46. The van der Waals surface area contributed by atoms with Crippen molar-refractivity contribution >= 4 is 23.2 Å². The first-order valence-corrected chi connectivity index (χ1v) is 8.80. The second kappa shape index (κ2) is 7.03. The second-order valence-electron chi connectivity index (χ2n) is 5.30. The first kappa shape index (κ1) is 17.0. The van der Waals surface area contributed by atoms with E-state index in [0.717, 1.165) is 11.8 Å². The van der Waals surface area contributed by atoms with Crippen molar-refractivity contribution in [3.63, 3.8) is 0 Å². The first-order chi connectivity index (χ1) is 13.2. The number of rotatable bonds is 6. The Labute approximate surface area is 156 Å². The van der Waals surface area contributed by atoms with E-state index in [1.54, 1.807) is 24.4 Å². The zero-order valence-corrected chi connectivity index (χ0v) is 14.9. The molecule has 11 heteroatoms. The van der Waals surface area contributed by atoms with Crippen LogP contribution >= 0.6 is 11.8 Å². The van der Waals surface area contributed by atoms with Gasteiger partial charge in [-0.15, -0.1) is 5.10 Å². The SMILES string of the molecule is CCOc1ccccc1-n1nnnc1Sc1nc2ccccn2c1[N+](=O)[O-]. The Morgan fingerprint density at radius 2 is 2.04 bits per heavy atom. The Morgan fingerprint density at radius 3 is 2.85 bits per heavy atom. The molecule has 0 aliphatic rings. The van der Waals surface area contributed by atoms with E-state index >= 15 is 0 Å². The molecule has 0 saturated heterocycles. The van der Waals surface area contributed by atoms with Gasteiger partial charge in [0.05, 0.1) is 12.8 Å². The van der Waals surface area contributed by atoms with Crippen molar-refractivity contribution in [1.29, 1.82) is 0 Å². The lowest BCUT2D eigenvalue weighted by molar-refractivity contribution is -0.393. The van der Waals surface area contributed by atoms with Crippen molar-refractivity contribution in [3.05, 3.63) is 58.8 Å². The van der Waals surface area contributed by atoms with E-state index in [1.165, 1.54) is 9.08 Å². The topological polar surface area (TPSA) is 113 Å². The molecule has 0 spiro atoms. The molecule has 10 nitrogen and oxygen atoms in total. The molecule has 0 saturated carbocycles. The number of tetrazole rings is 1. The van der Waals surface area contributed by atoms with E-state index in [9.17, 15) is 10.1 Å². The Balaban J connectivity index is 1.79. The van der Waals surface area contributed by atoms with E-state index in [-0.39, 0.29) is 10.8 Å². The highest BCUT2D eigenvalue weighted by molar-refractivity contribution is 7.99. The maximum atomic E-state index is 11.6. The van der Waals surface area contributed by atoms with E-state index in [1.807, 2.05) is 31.2 Å². The largest absolute Gasteiger partial charge is 0.492 e. The monoisotopic (exact) mass is 383 g/mol. The average molecular weight is 383 g/mol. The van der Waals surface area contributed by atoms with Crippen LogP contribution in [0, 0.1) is 10.1 Å². The van der Waals surface area contributed by atoms with Gasteiger partial charge in [0.25, 0.3) is 0 Å². The molecular formula is C16H13N7O3S. The smallest absolute Gasteiger partial charge is 0.362 e. The van der Waals surface area contributed by atoms with Gasteiger partial charge in [0, 0.05) is 6.07 Å². The van der Waals surface area contributed by atoms with Crippen LogP contribution in [0.15, 0.2) is 58.8 Å². The fourth-order valence-electron chi connectivity index (χ4n) is 2.59. The minimum absolute atomic E-state index is 0.136. The van der Waals surface area contributed by atoms with Crippen LogP contribution in [0.4, 0.5) is 5.82 Å². The van der Waals surface area contributed by atoms with Gasteiger partial charge in [0.2, 0.25) is 15.8 Å². The number of nitrogens with zero attached hydrogens (tertiary/aromatic N) is 7. The predicted molar refractivity (Wildman–Crippen MR) is 96.3 cm³/mol. The minimum Gasteiger partial charge on any atom is -0.492 e. The standard InChI is InChI=1S/C16H13N7O3S/c1-2-26-12-8-4-3-7-11(12)22-16(18-19-20-22)27-14-15(23(24)25)21-10-6-5-9-13(21)17-14/h3-10H,2H2,1H3. The molecule has 0 amide bonds. The van der Waals surface area contributed by atoms with Crippen LogP contribution in [-0.2, 0) is 0 Å². The number of aromatic nitrogens is 6. The van der Waals surface area contributed by atoms with Gasteiger partial charge in [-0.1, -0.05) is 18.2 Å². The van der Waals surface area contributed by atoms with Gasteiger partial charge in [0.15, 0.2) is 0 Å². The molecule has 0 fully saturated rings. The summed E-state index contributed by atoms with van der Waals surface area (Å²) in [6.07, 6.45) is 1.60. The number of hydrogen-bond acceptors (Lipinski definition) is 8. The van der Waals surface area contributed by atoms with Crippen molar-refractivity contribution in [2.75, 3.05) is 6.61 Å². The van der Waals surface area contributed by atoms with E-state index in [0.29, 0.717) is 28.8 Å². The van der Waals surface area contributed by atoms with Gasteiger partial charge in [-0.25, -0.2) is 0 Å². The molecule has 0 bridgehead atoms. The summed E-state index contributed by atoms with van der Waals surface area (Å²) in [6, 6.07) is 12.5. The van der Waals surface area contributed by atoms with Gasteiger partial charge in [0.1, 0.15) is 11.4 Å². The Morgan fingerprint density at radius 1 is 1.22 bits per heavy atom. The Bertz CT molecular complexity index is 1120. The summed E-state index contributed by atoms with van der Waals surface area (Å²) in [4.78, 5) is 15.5. The van der Waals surface area contributed by atoms with Gasteiger partial charge in [-0.05, 0) is 52.2 Å². The van der Waals surface area contributed by atoms with Gasteiger partial charge in [-0.3, -0.25) is 0 Å². The van der Waals surface area contributed by atoms with Crippen LogP contribution in [0.1, 0.15) is 6.92 Å². The summed E-state index contributed by atoms with van der Waals surface area (Å²) in [5.74, 6) is 0.474. The van der Waals surface area contributed by atoms with Gasteiger partial charge in [-0.2, -0.15) is 14.1 Å². The molecule has 0 unspecified atom stereocenters. The van der Waals surface area contributed by atoms with Crippen LogP contribution in [0.25, 0.3) is 11.3 Å². The molecule has 0 atom stereocenters. The third-order valence-electron chi connectivity index (χ3n) is 3.67. The number of imidazole rings is 1. The average Bonchev–Trinajstić information content (AvgIpc) is 3.26. The van der Waals surface area contributed by atoms with Crippen molar-refractivity contribution < 1.29 is 9.66 Å². The third-order valence-corrected chi connectivity index (χ3v) is 4.57. The van der Waals surface area contributed by atoms with E-state index in [4.69, 9.17) is 4.74 Å². The molecule has 3 heterocycles. The van der Waals surface area contributed by atoms with E-state index in [2.05, 4.69) is 20.5 Å². The third kappa shape index (κ3) is 3.08. The maximum Gasteiger partial charge on any atom is 0.362 e. The summed E-state index contributed by atoms with van der Waals surface area (Å²) >= 11 is 1.02. The number of fused-ring (bicyclic) bond motifs is 1. The fraction of sp³-hybridized carbons (Fsp3) is 0.125. The maximum absolute atomic E-state index is 11.6. The lowest BCUT2D eigenvalue weighted by atomic mass is 10.3. The minimum atomic E-state index is -0.468. The molecule has 3 aromatic heterocycles. The number of pyridine rings is 1. The number of para-hydroxylation sites is 2. The summed E-state index contributed by atoms with van der Waals surface area (Å²) in [6.45, 7) is 2.37. The zero-order chi connectivity index (χ0) is 18.8. The van der Waals surface area contributed by atoms with Crippen molar-refractivity contribution in [2.24, 2.45) is 0 Å². The van der Waals surface area contributed by atoms with Crippen LogP contribution in [-0.4, -0.2) is 41.1 Å². The number of benzene rings is 1. The number of hydrogen-bond donors (Lipinski definition) is 0. The highest BCUT2D eigenvalue weighted by Gasteiger charge is 2.26. The summed E-state index contributed by atoms with van der Waals surface area (Å²) in [7, 11) is 0. The molecule has 4 rings (SSSR count). The second-order valence-corrected chi connectivity index (χ2v) is 6.26.